The molecular weight excluding hydrogens is 270 g/mol. The van der Waals surface area contributed by atoms with Gasteiger partial charge in [0.1, 0.15) is 18.3 Å². The average Bonchev–Trinajstić information content (AvgIpc) is 2.88. The normalized spacial score (nSPS) is 20.6. The first kappa shape index (κ1) is 15.8. The van der Waals surface area contributed by atoms with E-state index in [1.807, 2.05) is 25.5 Å². The molecule has 0 aliphatic carbocycles. The fraction of sp³-hybridized carbons (Fsp3) is 0.786. The van der Waals surface area contributed by atoms with Gasteiger partial charge >= 0.3 is 6.09 Å². The third-order valence-corrected chi connectivity index (χ3v) is 3.50. The summed E-state index contributed by atoms with van der Waals surface area (Å²) in [4.78, 5) is 20.2. The third kappa shape index (κ3) is 4.70. The fourth-order valence-electron chi connectivity index (χ4n) is 2.40. The van der Waals surface area contributed by atoms with E-state index >= 15 is 0 Å². The first-order valence-electron chi connectivity index (χ1n) is 7.39. The number of ether oxygens (including phenoxy) is 1. The lowest BCUT2D eigenvalue weighted by Crippen LogP contribution is -2.54. The van der Waals surface area contributed by atoms with Gasteiger partial charge in [0, 0.05) is 32.2 Å². The lowest BCUT2D eigenvalue weighted by atomic mass is 10.2. The predicted molar refractivity (Wildman–Crippen MR) is 78.9 cm³/mol. The van der Waals surface area contributed by atoms with Gasteiger partial charge in [0.15, 0.2) is 0 Å². The van der Waals surface area contributed by atoms with Gasteiger partial charge < -0.3 is 9.64 Å². The van der Waals surface area contributed by atoms with E-state index in [9.17, 15) is 4.79 Å². The first-order valence-corrected chi connectivity index (χ1v) is 7.39. The van der Waals surface area contributed by atoms with Crippen molar-refractivity contribution in [2.45, 2.75) is 45.9 Å². The Morgan fingerprint density at radius 2 is 2.10 bits per heavy atom. The molecule has 1 aliphatic rings. The van der Waals surface area contributed by atoms with Crippen LogP contribution in [0.1, 0.15) is 27.7 Å². The zero-order valence-corrected chi connectivity index (χ0v) is 13.3. The van der Waals surface area contributed by atoms with Gasteiger partial charge in [-0.1, -0.05) is 0 Å². The van der Waals surface area contributed by atoms with Crippen LogP contribution in [0, 0.1) is 0 Å². The monoisotopic (exact) mass is 295 g/mol. The van der Waals surface area contributed by atoms with Crippen molar-refractivity contribution in [1.82, 2.24) is 24.6 Å². The molecule has 1 aromatic heterocycles. The van der Waals surface area contributed by atoms with E-state index in [2.05, 4.69) is 21.9 Å². The lowest BCUT2D eigenvalue weighted by Gasteiger charge is -2.40. The summed E-state index contributed by atoms with van der Waals surface area (Å²) in [7, 11) is 0. The number of aromatic nitrogens is 3. The van der Waals surface area contributed by atoms with Crippen LogP contribution in [-0.4, -0.2) is 68.5 Å². The number of piperazine rings is 1. The molecule has 7 nitrogen and oxygen atoms in total. The topological polar surface area (TPSA) is 63.5 Å². The van der Waals surface area contributed by atoms with Crippen molar-refractivity contribution < 1.29 is 9.53 Å². The van der Waals surface area contributed by atoms with Crippen molar-refractivity contribution in [1.29, 1.82) is 0 Å². The largest absolute Gasteiger partial charge is 0.444 e. The lowest BCUT2D eigenvalue weighted by molar-refractivity contribution is 0.00526. The molecule has 0 N–H and O–H groups in total. The van der Waals surface area contributed by atoms with Crippen LogP contribution in [0.25, 0.3) is 0 Å². The Kier molecular flexibility index (Phi) is 4.82. The Balaban J connectivity index is 1.80. The summed E-state index contributed by atoms with van der Waals surface area (Å²) in [5.74, 6) is 0. The fourth-order valence-corrected chi connectivity index (χ4v) is 2.40. The number of nitrogens with zero attached hydrogens (tertiary/aromatic N) is 5. The molecule has 2 heterocycles. The van der Waals surface area contributed by atoms with E-state index in [4.69, 9.17) is 4.74 Å². The number of amides is 1. The molecule has 1 fully saturated rings. The highest BCUT2D eigenvalue weighted by Gasteiger charge is 2.29. The molecule has 2 rings (SSSR count). The third-order valence-electron chi connectivity index (χ3n) is 3.50. The molecule has 1 amide bonds. The molecule has 1 unspecified atom stereocenters. The van der Waals surface area contributed by atoms with E-state index in [-0.39, 0.29) is 6.09 Å². The molecule has 21 heavy (non-hydrogen) atoms. The van der Waals surface area contributed by atoms with Crippen molar-refractivity contribution in [2.75, 3.05) is 26.2 Å². The van der Waals surface area contributed by atoms with Gasteiger partial charge in [0.05, 0.1) is 6.54 Å². The molecule has 7 heteroatoms. The summed E-state index contributed by atoms with van der Waals surface area (Å²) in [6.45, 7) is 11.8. The van der Waals surface area contributed by atoms with Crippen molar-refractivity contribution in [3.8, 4) is 0 Å². The van der Waals surface area contributed by atoms with E-state index in [1.165, 1.54) is 0 Å². The number of hydrogen-bond donors (Lipinski definition) is 0. The number of carbonyl (C=O) groups is 1. The molecule has 0 bridgehead atoms. The number of rotatable bonds is 3. The minimum absolute atomic E-state index is 0.217. The molecular formula is C14H25N5O2. The Morgan fingerprint density at radius 3 is 2.67 bits per heavy atom. The molecule has 1 aromatic rings. The van der Waals surface area contributed by atoms with Gasteiger partial charge in [-0.15, -0.1) is 0 Å². The van der Waals surface area contributed by atoms with E-state index in [0.717, 1.165) is 19.6 Å². The standard InChI is InChI=1S/C14H25N5O2/c1-12-9-18(13(20)21-14(2,3)4)6-5-17(12)7-8-19-11-15-10-16-19/h10-12H,5-9H2,1-4H3. The summed E-state index contributed by atoms with van der Waals surface area (Å²) in [6.07, 6.45) is 3.05. The highest BCUT2D eigenvalue weighted by atomic mass is 16.6. The van der Waals surface area contributed by atoms with Gasteiger partial charge in [-0.3, -0.25) is 9.58 Å². The van der Waals surface area contributed by atoms with Crippen LogP contribution in [0.5, 0.6) is 0 Å². The van der Waals surface area contributed by atoms with Crippen LogP contribution >= 0.6 is 0 Å². The SMILES string of the molecule is CC1CN(C(=O)OC(C)(C)C)CCN1CCn1cncn1. The summed E-state index contributed by atoms with van der Waals surface area (Å²) in [5, 5.41) is 4.10. The van der Waals surface area contributed by atoms with Crippen molar-refractivity contribution in [3.05, 3.63) is 12.7 Å². The summed E-state index contributed by atoms with van der Waals surface area (Å²) in [6, 6.07) is 0.315. The molecule has 0 aromatic carbocycles. The maximum atomic E-state index is 12.1. The number of carbonyl (C=O) groups excluding carboxylic acids is 1. The second-order valence-electron chi connectivity index (χ2n) is 6.47. The molecule has 1 aliphatic heterocycles. The molecule has 0 spiro atoms. The maximum absolute atomic E-state index is 12.1. The average molecular weight is 295 g/mol. The zero-order chi connectivity index (χ0) is 15.5. The Hall–Kier alpha value is -1.63. The van der Waals surface area contributed by atoms with E-state index < -0.39 is 5.60 Å². The maximum Gasteiger partial charge on any atom is 0.410 e. The first-order chi connectivity index (χ1) is 9.85. The van der Waals surface area contributed by atoms with Crippen LogP contribution in [0.15, 0.2) is 12.7 Å². The Bertz CT molecular complexity index is 454. The quantitative estimate of drug-likeness (QED) is 0.839. The van der Waals surface area contributed by atoms with Gasteiger partial charge in [0.25, 0.3) is 0 Å². The second-order valence-corrected chi connectivity index (χ2v) is 6.47. The van der Waals surface area contributed by atoms with E-state index in [1.54, 1.807) is 17.6 Å². The molecule has 0 saturated carbocycles. The van der Waals surface area contributed by atoms with E-state index in [0.29, 0.717) is 19.1 Å². The van der Waals surface area contributed by atoms with Crippen LogP contribution in [-0.2, 0) is 11.3 Å². The predicted octanol–water partition coefficient (Wildman–Crippen LogP) is 1.22. The summed E-state index contributed by atoms with van der Waals surface area (Å²) in [5.41, 5.74) is -0.440. The van der Waals surface area contributed by atoms with Crippen LogP contribution < -0.4 is 0 Å². The Morgan fingerprint density at radius 1 is 1.33 bits per heavy atom. The molecule has 1 saturated heterocycles. The smallest absolute Gasteiger partial charge is 0.410 e. The molecule has 1 atom stereocenters. The number of hydrogen-bond acceptors (Lipinski definition) is 5. The van der Waals surface area contributed by atoms with Crippen molar-refractivity contribution in [2.24, 2.45) is 0 Å². The van der Waals surface area contributed by atoms with Gasteiger partial charge in [-0.25, -0.2) is 9.78 Å². The van der Waals surface area contributed by atoms with Crippen LogP contribution in [0.4, 0.5) is 4.79 Å². The second kappa shape index (κ2) is 6.43. The highest BCUT2D eigenvalue weighted by Crippen LogP contribution is 2.14. The van der Waals surface area contributed by atoms with Crippen LogP contribution in [0.2, 0.25) is 0 Å². The summed E-state index contributed by atoms with van der Waals surface area (Å²) >= 11 is 0. The summed E-state index contributed by atoms with van der Waals surface area (Å²) < 4.78 is 7.25. The van der Waals surface area contributed by atoms with Crippen LogP contribution in [0.3, 0.4) is 0 Å². The minimum Gasteiger partial charge on any atom is -0.444 e. The molecule has 118 valence electrons. The van der Waals surface area contributed by atoms with Crippen molar-refractivity contribution in [3.63, 3.8) is 0 Å². The minimum atomic E-state index is -0.440. The van der Waals surface area contributed by atoms with Gasteiger partial charge in [-0.2, -0.15) is 5.10 Å². The van der Waals surface area contributed by atoms with Gasteiger partial charge in [-0.05, 0) is 27.7 Å². The zero-order valence-electron chi connectivity index (χ0n) is 13.3. The Labute approximate surface area is 125 Å². The van der Waals surface area contributed by atoms with Crippen molar-refractivity contribution >= 4 is 6.09 Å². The van der Waals surface area contributed by atoms with Gasteiger partial charge in [0.2, 0.25) is 0 Å². The highest BCUT2D eigenvalue weighted by molar-refractivity contribution is 5.68. The molecule has 0 radical (unpaired) electrons.